The molecule has 0 N–H and O–H groups in total. The quantitative estimate of drug-likeness (QED) is 0.647. The molecular weight excluding hydrogens is 262 g/mol. The highest BCUT2D eigenvalue weighted by Crippen LogP contribution is 2.45. The molecule has 102 valence electrons. The van der Waals surface area contributed by atoms with Gasteiger partial charge in [0.2, 0.25) is 0 Å². The number of fused-ring (bicyclic) bond motifs is 1. The average Bonchev–Trinajstić information content (AvgIpc) is 2.46. The van der Waals surface area contributed by atoms with Crippen LogP contribution in [0, 0.1) is 0 Å². The van der Waals surface area contributed by atoms with Gasteiger partial charge in [0.15, 0.2) is 0 Å². The van der Waals surface area contributed by atoms with E-state index in [0.29, 0.717) is 0 Å². The van der Waals surface area contributed by atoms with Gasteiger partial charge in [0.1, 0.15) is 0 Å². The largest absolute Gasteiger partial charge is 0.256 e. The van der Waals surface area contributed by atoms with Crippen LogP contribution in [0.2, 0.25) is 0 Å². The summed E-state index contributed by atoms with van der Waals surface area (Å²) in [5, 5.41) is 2.45. The summed E-state index contributed by atoms with van der Waals surface area (Å²) in [5.74, 6) is 0. The number of rotatable bonds is 2. The third kappa shape index (κ3) is 2.44. The minimum Gasteiger partial charge on any atom is -0.256 e. The van der Waals surface area contributed by atoms with Crippen LogP contribution in [0.1, 0.15) is 0 Å². The van der Waals surface area contributed by atoms with Gasteiger partial charge in [-0.15, -0.1) is 0 Å². The maximum absolute atomic E-state index is 4.58. The molecule has 2 heteroatoms. The maximum atomic E-state index is 4.58. The summed E-state index contributed by atoms with van der Waals surface area (Å²) in [5.41, 5.74) is 2.26. The first-order valence-corrected chi connectivity index (χ1v) is 9.54. The highest BCUT2D eigenvalue weighted by Gasteiger charge is 2.09. The number of benzene rings is 2. The second kappa shape index (κ2) is 4.95. The maximum Gasteiger partial charge on any atom is 0.0780 e. The van der Waals surface area contributed by atoms with Gasteiger partial charge in [-0.25, -0.2) is 10.0 Å². The van der Waals surface area contributed by atoms with Crippen LogP contribution in [-0.4, -0.2) is 23.8 Å². The third-order valence-electron chi connectivity index (χ3n) is 3.51. The van der Waals surface area contributed by atoms with E-state index in [9.17, 15) is 0 Å². The molecule has 0 unspecified atom stereocenters. The lowest BCUT2D eigenvalue weighted by molar-refractivity contribution is 1.34. The zero-order valence-electron chi connectivity index (χ0n) is 12.1. The Kier molecular flexibility index (Phi) is 3.27. The molecule has 0 aliphatic carbocycles. The molecular formula is C18H19NS. The number of aromatic nitrogens is 1. The van der Waals surface area contributed by atoms with E-state index in [1.54, 1.807) is 0 Å². The molecule has 3 aromatic rings. The molecule has 0 atom stereocenters. The fourth-order valence-electron chi connectivity index (χ4n) is 2.37. The SMILES string of the molecule is CS(C)(C)c1ccc(-c2nccc3ccccc23)cc1. The van der Waals surface area contributed by atoms with Gasteiger partial charge in [-0.2, -0.15) is 0 Å². The van der Waals surface area contributed by atoms with E-state index in [0.717, 1.165) is 5.69 Å². The fourth-order valence-corrected chi connectivity index (χ4v) is 3.32. The van der Waals surface area contributed by atoms with E-state index >= 15 is 0 Å². The summed E-state index contributed by atoms with van der Waals surface area (Å²) in [6, 6.07) is 19.4. The second-order valence-corrected chi connectivity index (χ2v) is 9.89. The van der Waals surface area contributed by atoms with E-state index in [4.69, 9.17) is 0 Å². The van der Waals surface area contributed by atoms with E-state index in [1.165, 1.54) is 21.2 Å². The molecule has 0 amide bonds. The predicted molar refractivity (Wildman–Crippen MR) is 90.8 cm³/mol. The molecule has 0 radical (unpaired) electrons. The highest BCUT2D eigenvalue weighted by atomic mass is 32.3. The van der Waals surface area contributed by atoms with Gasteiger partial charge in [-0.3, -0.25) is 4.98 Å². The van der Waals surface area contributed by atoms with E-state index in [1.807, 2.05) is 6.20 Å². The molecule has 0 aliphatic heterocycles. The molecule has 0 fully saturated rings. The monoisotopic (exact) mass is 281 g/mol. The number of nitrogens with zero attached hydrogens (tertiary/aromatic N) is 1. The first-order chi connectivity index (χ1) is 9.55. The van der Waals surface area contributed by atoms with Crippen LogP contribution in [0.4, 0.5) is 0 Å². The van der Waals surface area contributed by atoms with Crippen LogP contribution in [0.25, 0.3) is 22.0 Å². The first-order valence-electron chi connectivity index (χ1n) is 6.68. The van der Waals surface area contributed by atoms with Crippen LogP contribution in [0.3, 0.4) is 0 Å². The lowest BCUT2D eigenvalue weighted by atomic mass is 10.0. The molecule has 0 aliphatic rings. The van der Waals surface area contributed by atoms with Gasteiger partial charge in [-0.1, -0.05) is 36.4 Å². The average molecular weight is 281 g/mol. The first kappa shape index (κ1) is 13.2. The van der Waals surface area contributed by atoms with Crippen molar-refractivity contribution in [2.24, 2.45) is 0 Å². The number of hydrogen-bond donors (Lipinski definition) is 0. The van der Waals surface area contributed by atoms with Crippen molar-refractivity contribution in [3.63, 3.8) is 0 Å². The molecule has 0 saturated carbocycles. The molecule has 1 aromatic heterocycles. The Morgan fingerprint density at radius 1 is 0.800 bits per heavy atom. The molecule has 3 rings (SSSR count). The second-order valence-electron chi connectivity index (χ2n) is 5.74. The summed E-state index contributed by atoms with van der Waals surface area (Å²) in [4.78, 5) is 6.01. The Morgan fingerprint density at radius 3 is 2.20 bits per heavy atom. The molecule has 1 nitrogen and oxygen atoms in total. The lowest BCUT2D eigenvalue weighted by Crippen LogP contribution is -1.93. The van der Waals surface area contributed by atoms with E-state index in [-0.39, 0.29) is 0 Å². The van der Waals surface area contributed by atoms with Gasteiger partial charge in [0.05, 0.1) is 5.69 Å². The van der Waals surface area contributed by atoms with Crippen molar-refractivity contribution >= 4 is 20.8 Å². The van der Waals surface area contributed by atoms with Gasteiger partial charge in [0.25, 0.3) is 0 Å². The van der Waals surface area contributed by atoms with E-state index in [2.05, 4.69) is 78.3 Å². The predicted octanol–water partition coefficient (Wildman–Crippen LogP) is 4.95. The summed E-state index contributed by atoms with van der Waals surface area (Å²) in [6.45, 7) is 0. The molecule has 0 spiro atoms. The Hall–Kier alpha value is -1.80. The van der Waals surface area contributed by atoms with E-state index < -0.39 is 10.0 Å². The molecule has 20 heavy (non-hydrogen) atoms. The van der Waals surface area contributed by atoms with Crippen molar-refractivity contribution in [2.75, 3.05) is 18.8 Å². The summed E-state index contributed by atoms with van der Waals surface area (Å²) >= 11 is 0. The molecule has 0 bridgehead atoms. The van der Waals surface area contributed by atoms with Crippen molar-refractivity contribution in [3.8, 4) is 11.3 Å². The lowest BCUT2D eigenvalue weighted by Gasteiger charge is -2.25. The van der Waals surface area contributed by atoms with Crippen LogP contribution < -0.4 is 0 Å². The van der Waals surface area contributed by atoms with Crippen molar-refractivity contribution in [1.82, 2.24) is 4.98 Å². The standard InChI is InChI=1S/C18H19NS/c1-20(2,3)16-10-8-15(9-11-16)18-17-7-5-4-6-14(17)12-13-19-18/h4-13H,1-3H3. The van der Waals surface area contributed by atoms with Gasteiger partial charge in [0, 0.05) is 17.1 Å². The topological polar surface area (TPSA) is 12.9 Å². The zero-order chi connectivity index (χ0) is 14.2. The number of hydrogen-bond acceptors (Lipinski definition) is 1. The number of pyridine rings is 1. The zero-order valence-corrected chi connectivity index (χ0v) is 12.9. The van der Waals surface area contributed by atoms with Crippen LogP contribution >= 0.6 is 10.0 Å². The molecule has 2 aromatic carbocycles. The van der Waals surface area contributed by atoms with Crippen LogP contribution in [-0.2, 0) is 0 Å². The Balaban J connectivity index is 2.12. The van der Waals surface area contributed by atoms with Crippen LogP contribution in [0.15, 0.2) is 65.7 Å². The summed E-state index contributed by atoms with van der Waals surface area (Å²) < 4.78 is 0. The molecule has 1 heterocycles. The van der Waals surface area contributed by atoms with Crippen molar-refractivity contribution in [2.45, 2.75) is 4.90 Å². The minimum atomic E-state index is -0.665. The van der Waals surface area contributed by atoms with Gasteiger partial charge in [-0.05, 0) is 47.2 Å². The summed E-state index contributed by atoms with van der Waals surface area (Å²) in [7, 11) is -0.665. The van der Waals surface area contributed by atoms with Crippen LogP contribution in [0.5, 0.6) is 0 Å². The van der Waals surface area contributed by atoms with Gasteiger partial charge >= 0.3 is 0 Å². The summed E-state index contributed by atoms with van der Waals surface area (Å²) in [6.07, 6.45) is 8.84. The van der Waals surface area contributed by atoms with Crippen molar-refractivity contribution in [1.29, 1.82) is 0 Å². The molecule has 0 saturated heterocycles. The van der Waals surface area contributed by atoms with Crippen molar-refractivity contribution < 1.29 is 0 Å². The highest BCUT2D eigenvalue weighted by molar-refractivity contribution is 8.32. The van der Waals surface area contributed by atoms with Crippen molar-refractivity contribution in [3.05, 3.63) is 60.8 Å². The smallest absolute Gasteiger partial charge is 0.0780 e. The normalized spacial score (nSPS) is 12.6. The van der Waals surface area contributed by atoms with Gasteiger partial charge < -0.3 is 0 Å². The minimum absolute atomic E-state index is 0.665. The Morgan fingerprint density at radius 2 is 1.50 bits per heavy atom. The Bertz CT molecular complexity index is 734. The third-order valence-corrected chi connectivity index (χ3v) is 5.19. The Labute approximate surface area is 122 Å². The fraction of sp³-hybridized carbons (Fsp3) is 0.167.